The summed E-state index contributed by atoms with van der Waals surface area (Å²) in [4.78, 5) is 0. The molecule has 1 atom stereocenters. The fourth-order valence-electron chi connectivity index (χ4n) is 1.74. The van der Waals surface area contributed by atoms with E-state index in [-0.39, 0.29) is 11.9 Å². The molecule has 0 aliphatic rings. The quantitative estimate of drug-likeness (QED) is 0.868. The molecule has 2 aromatic rings. The second kappa shape index (κ2) is 5.68. The predicted molar refractivity (Wildman–Crippen MR) is 65.4 cm³/mol. The summed E-state index contributed by atoms with van der Waals surface area (Å²) in [5.41, 5.74) is 0.938. The first-order chi connectivity index (χ1) is 8.70. The van der Waals surface area contributed by atoms with E-state index in [9.17, 15) is 4.39 Å². The van der Waals surface area contributed by atoms with Gasteiger partial charge in [-0.15, -0.1) is 5.10 Å². The zero-order chi connectivity index (χ0) is 13.0. The number of tetrazole rings is 1. The molecule has 96 valence electrons. The van der Waals surface area contributed by atoms with Gasteiger partial charge >= 0.3 is 0 Å². The van der Waals surface area contributed by atoms with E-state index in [0.29, 0.717) is 13.0 Å². The average molecular weight is 249 g/mol. The lowest BCUT2D eigenvalue weighted by Gasteiger charge is -2.10. The van der Waals surface area contributed by atoms with Crippen LogP contribution in [0.25, 0.3) is 0 Å². The van der Waals surface area contributed by atoms with E-state index in [0.717, 1.165) is 11.4 Å². The van der Waals surface area contributed by atoms with Gasteiger partial charge in [0.1, 0.15) is 5.82 Å². The van der Waals surface area contributed by atoms with E-state index in [1.807, 2.05) is 20.0 Å². The van der Waals surface area contributed by atoms with E-state index in [1.165, 1.54) is 12.1 Å². The highest BCUT2D eigenvalue weighted by Gasteiger charge is 2.12. The molecule has 1 aromatic heterocycles. The van der Waals surface area contributed by atoms with Gasteiger partial charge in [0, 0.05) is 6.54 Å². The summed E-state index contributed by atoms with van der Waals surface area (Å²) in [5.74, 6) is 0.571. The second-order valence-corrected chi connectivity index (χ2v) is 4.15. The summed E-state index contributed by atoms with van der Waals surface area (Å²) in [6.45, 7) is 2.63. The molecule has 0 radical (unpaired) electrons. The Labute approximate surface area is 105 Å². The molecule has 0 spiro atoms. The van der Waals surface area contributed by atoms with Crippen molar-refractivity contribution in [2.45, 2.75) is 25.9 Å². The fourth-order valence-corrected chi connectivity index (χ4v) is 1.74. The Bertz CT molecular complexity index is 511. The predicted octanol–water partition coefficient (Wildman–Crippen LogP) is 1.34. The lowest BCUT2D eigenvalue weighted by Crippen LogP contribution is -2.19. The molecule has 0 aliphatic heterocycles. The number of halogens is 1. The van der Waals surface area contributed by atoms with Crippen molar-refractivity contribution in [2.24, 2.45) is 0 Å². The zero-order valence-corrected chi connectivity index (χ0v) is 10.5. The van der Waals surface area contributed by atoms with Crippen molar-refractivity contribution in [2.75, 3.05) is 7.05 Å². The number of benzene rings is 1. The fraction of sp³-hybridized carbons (Fsp3) is 0.417. The largest absolute Gasteiger partial charge is 0.311 e. The Kier molecular flexibility index (Phi) is 3.99. The van der Waals surface area contributed by atoms with E-state index in [1.54, 1.807) is 10.7 Å². The summed E-state index contributed by atoms with van der Waals surface area (Å²) < 4.78 is 14.8. The third-order valence-electron chi connectivity index (χ3n) is 2.88. The SMILES string of the molecule is CNC(C)c1nnnn1CCc1cccc(F)c1. The van der Waals surface area contributed by atoms with Gasteiger partial charge in [-0.25, -0.2) is 9.07 Å². The number of aryl methyl sites for hydroxylation is 2. The minimum atomic E-state index is -0.215. The van der Waals surface area contributed by atoms with Crippen LogP contribution in [0.15, 0.2) is 24.3 Å². The van der Waals surface area contributed by atoms with E-state index >= 15 is 0 Å². The molecule has 1 heterocycles. The smallest absolute Gasteiger partial charge is 0.167 e. The molecular weight excluding hydrogens is 233 g/mol. The number of aromatic nitrogens is 4. The molecule has 1 unspecified atom stereocenters. The van der Waals surface area contributed by atoms with Crippen LogP contribution >= 0.6 is 0 Å². The summed E-state index contributed by atoms with van der Waals surface area (Å²) in [5, 5.41) is 14.7. The lowest BCUT2D eigenvalue weighted by molar-refractivity contribution is 0.511. The summed E-state index contributed by atoms with van der Waals surface area (Å²) >= 11 is 0. The van der Waals surface area contributed by atoms with Gasteiger partial charge in [0.25, 0.3) is 0 Å². The Morgan fingerprint density at radius 1 is 1.44 bits per heavy atom. The third-order valence-corrected chi connectivity index (χ3v) is 2.88. The molecule has 2 rings (SSSR count). The van der Waals surface area contributed by atoms with Gasteiger partial charge in [-0.3, -0.25) is 0 Å². The number of hydrogen-bond donors (Lipinski definition) is 1. The molecule has 18 heavy (non-hydrogen) atoms. The van der Waals surface area contributed by atoms with Gasteiger partial charge in [-0.05, 0) is 48.5 Å². The van der Waals surface area contributed by atoms with Gasteiger partial charge in [-0.1, -0.05) is 12.1 Å². The highest BCUT2D eigenvalue weighted by atomic mass is 19.1. The standard InChI is InChI=1S/C12H16FN5/c1-9(14-2)12-15-16-17-18(12)7-6-10-4-3-5-11(13)8-10/h3-5,8-9,14H,6-7H2,1-2H3. The second-order valence-electron chi connectivity index (χ2n) is 4.15. The molecule has 1 aromatic carbocycles. The molecule has 0 aliphatic carbocycles. The zero-order valence-electron chi connectivity index (χ0n) is 10.5. The van der Waals surface area contributed by atoms with Crippen LogP contribution in [-0.4, -0.2) is 27.3 Å². The molecule has 0 amide bonds. The monoisotopic (exact) mass is 249 g/mol. The van der Waals surface area contributed by atoms with Crippen molar-refractivity contribution >= 4 is 0 Å². The molecule has 0 saturated heterocycles. The molecule has 6 heteroatoms. The molecule has 0 saturated carbocycles. The molecule has 0 bridgehead atoms. The van der Waals surface area contributed by atoms with E-state index in [4.69, 9.17) is 0 Å². The van der Waals surface area contributed by atoms with Crippen LogP contribution in [0, 0.1) is 5.82 Å². The van der Waals surface area contributed by atoms with Crippen LogP contribution in [-0.2, 0) is 13.0 Å². The number of hydrogen-bond acceptors (Lipinski definition) is 4. The van der Waals surface area contributed by atoms with Crippen LogP contribution in [0.5, 0.6) is 0 Å². The maximum absolute atomic E-state index is 13.0. The van der Waals surface area contributed by atoms with Crippen molar-refractivity contribution in [1.82, 2.24) is 25.5 Å². The van der Waals surface area contributed by atoms with Crippen molar-refractivity contribution < 1.29 is 4.39 Å². The normalized spacial score (nSPS) is 12.6. The maximum Gasteiger partial charge on any atom is 0.167 e. The van der Waals surface area contributed by atoms with Crippen molar-refractivity contribution in [3.05, 3.63) is 41.5 Å². The minimum Gasteiger partial charge on any atom is -0.311 e. The van der Waals surface area contributed by atoms with Crippen LogP contribution < -0.4 is 5.32 Å². The van der Waals surface area contributed by atoms with Crippen molar-refractivity contribution in [3.63, 3.8) is 0 Å². The van der Waals surface area contributed by atoms with Crippen LogP contribution in [0.2, 0.25) is 0 Å². The summed E-state index contributed by atoms with van der Waals surface area (Å²) in [6.07, 6.45) is 0.701. The Hall–Kier alpha value is -1.82. The van der Waals surface area contributed by atoms with Crippen molar-refractivity contribution in [3.8, 4) is 0 Å². The first-order valence-electron chi connectivity index (χ1n) is 5.88. The third kappa shape index (κ3) is 2.89. The lowest BCUT2D eigenvalue weighted by atomic mass is 10.1. The van der Waals surface area contributed by atoms with Gasteiger partial charge < -0.3 is 5.32 Å². The number of rotatable bonds is 5. The van der Waals surface area contributed by atoms with Gasteiger partial charge in [0.15, 0.2) is 5.82 Å². The van der Waals surface area contributed by atoms with Gasteiger partial charge in [0.05, 0.1) is 6.04 Å². The topological polar surface area (TPSA) is 55.6 Å². The molecule has 5 nitrogen and oxygen atoms in total. The summed E-state index contributed by atoms with van der Waals surface area (Å²) in [6, 6.07) is 6.67. The maximum atomic E-state index is 13.0. The number of nitrogens with one attached hydrogen (secondary N) is 1. The van der Waals surface area contributed by atoms with Gasteiger partial charge in [0.2, 0.25) is 0 Å². The molecule has 1 N–H and O–H groups in total. The highest BCUT2D eigenvalue weighted by Crippen LogP contribution is 2.09. The van der Waals surface area contributed by atoms with Crippen LogP contribution in [0.3, 0.4) is 0 Å². The van der Waals surface area contributed by atoms with Gasteiger partial charge in [-0.2, -0.15) is 0 Å². The summed E-state index contributed by atoms with van der Waals surface area (Å²) in [7, 11) is 1.86. The highest BCUT2D eigenvalue weighted by molar-refractivity contribution is 5.16. The Morgan fingerprint density at radius 2 is 2.28 bits per heavy atom. The minimum absolute atomic E-state index is 0.0903. The average Bonchev–Trinajstić information content (AvgIpc) is 2.84. The van der Waals surface area contributed by atoms with Crippen LogP contribution in [0.1, 0.15) is 24.4 Å². The first-order valence-corrected chi connectivity index (χ1v) is 5.88. The van der Waals surface area contributed by atoms with Crippen LogP contribution in [0.4, 0.5) is 4.39 Å². The Morgan fingerprint density at radius 3 is 3.00 bits per heavy atom. The first kappa shape index (κ1) is 12.6. The number of nitrogens with zero attached hydrogens (tertiary/aromatic N) is 4. The van der Waals surface area contributed by atoms with Crippen molar-refractivity contribution in [1.29, 1.82) is 0 Å². The molecular formula is C12H16FN5. The van der Waals surface area contributed by atoms with E-state index in [2.05, 4.69) is 20.8 Å². The van der Waals surface area contributed by atoms with E-state index < -0.39 is 0 Å². The Balaban J connectivity index is 2.04. The molecule has 0 fully saturated rings.